The van der Waals surface area contributed by atoms with E-state index in [-0.39, 0.29) is 30.8 Å². The molecule has 71 heavy (non-hydrogen) atoms. The molecule has 360 valence electrons. The molecule has 10 rings (SSSR count). The van der Waals surface area contributed by atoms with E-state index < -0.39 is 81.2 Å². The molecule has 4 aliphatic rings. The number of hydrogen-bond acceptors (Lipinski definition) is 11. The molecule has 6 unspecified atom stereocenters. The lowest BCUT2D eigenvalue weighted by atomic mass is 9.49. The summed E-state index contributed by atoms with van der Waals surface area (Å²) in [6.07, 6.45) is -2.47. The fourth-order valence-corrected chi connectivity index (χ4v) is 10.9. The van der Waals surface area contributed by atoms with E-state index in [0.717, 1.165) is 16.2 Å². The summed E-state index contributed by atoms with van der Waals surface area (Å²) >= 11 is 12.8. The number of phenols is 1. The number of carbonyl (C=O) groups excluding carboxylic acids is 4. The Balaban J connectivity index is 1.05. The Morgan fingerprint density at radius 2 is 1.51 bits per heavy atom. The molecular formula is C53H42Cl2F3N7O6. The number of aromatic hydroxyl groups is 1. The number of anilines is 3. The van der Waals surface area contributed by atoms with Crippen molar-refractivity contribution in [1.29, 1.82) is 0 Å². The first-order valence-electron chi connectivity index (χ1n) is 22.5. The minimum atomic E-state index is -4.79. The minimum absolute atomic E-state index is 0.0859. The molecule has 13 nitrogen and oxygen atoms in total. The van der Waals surface area contributed by atoms with Crippen molar-refractivity contribution in [2.75, 3.05) is 29.3 Å². The molecule has 5 aromatic carbocycles. The van der Waals surface area contributed by atoms with Crippen LogP contribution in [-0.4, -0.2) is 52.8 Å². The number of carbonyl (C=O) groups is 4. The zero-order valence-corrected chi connectivity index (χ0v) is 39.4. The third-order valence-electron chi connectivity index (χ3n) is 13.9. The van der Waals surface area contributed by atoms with Crippen molar-refractivity contribution in [3.8, 4) is 11.5 Å². The highest BCUT2D eigenvalue weighted by atomic mass is 35.5. The number of aromatic nitrogens is 1. The summed E-state index contributed by atoms with van der Waals surface area (Å²) in [5.74, 6) is -8.10. The van der Waals surface area contributed by atoms with Crippen LogP contribution < -0.4 is 20.0 Å². The normalized spacial score (nSPS) is 22.9. The zero-order chi connectivity index (χ0) is 49.9. The Kier molecular flexibility index (Phi) is 12.2. The number of amides is 4. The second kappa shape index (κ2) is 18.3. The van der Waals surface area contributed by atoms with Gasteiger partial charge in [-0.05, 0) is 103 Å². The highest BCUT2D eigenvalue weighted by molar-refractivity contribution is 6.33. The summed E-state index contributed by atoms with van der Waals surface area (Å²) in [4.78, 5) is 67.2. The monoisotopic (exact) mass is 999 g/mol. The van der Waals surface area contributed by atoms with Crippen molar-refractivity contribution in [3.05, 3.63) is 178 Å². The fraction of sp³-hybridized carbons (Fsp3) is 0.226. The van der Waals surface area contributed by atoms with Gasteiger partial charge >= 0.3 is 6.18 Å². The van der Waals surface area contributed by atoms with Crippen molar-refractivity contribution < 1.29 is 42.2 Å². The highest BCUT2D eigenvalue weighted by Crippen LogP contribution is 2.65. The van der Waals surface area contributed by atoms with Crippen molar-refractivity contribution in [2.45, 2.75) is 37.0 Å². The first-order chi connectivity index (χ1) is 34.0. The second-order valence-corrected chi connectivity index (χ2v) is 18.9. The number of nitrogens with zero attached hydrogens (tertiary/aromatic N) is 6. The van der Waals surface area contributed by atoms with Gasteiger partial charge in [-0.1, -0.05) is 83.4 Å². The Morgan fingerprint density at radius 3 is 2.14 bits per heavy atom. The van der Waals surface area contributed by atoms with Gasteiger partial charge in [-0.2, -0.15) is 28.4 Å². The van der Waals surface area contributed by atoms with Gasteiger partial charge < -0.3 is 14.7 Å². The zero-order valence-electron chi connectivity index (χ0n) is 37.8. The Hall–Kier alpha value is -7.56. The van der Waals surface area contributed by atoms with Crippen molar-refractivity contribution in [2.24, 2.45) is 33.9 Å². The molecule has 18 heteroatoms. The first kappa shape index (κ1) is 47.1. The minimum Gasteiger partial charge on any atom is -0.508 e. The van der Waals surface area contributed by atoms with E-state index in [0.29, 0.717) is 56.2 Å². The van der Waals surface area contributed by atoms with Gasteiger partial charge in [0, 0.05) is 48.5 Å². The van der Waals surface area contributed by atoms with Crippen LogP contribution >= 0.6 is 23.2 Å². The average Bonchev–Trinajstić information content (AvgIpc) is 3.74. The Bertz CT molecular complexity index is 3160. The summed E-state index contributed by atoms with van der Waals surface area (Å²) in [5.41, 5.74) is 3.97. The highest BCUT2D eigenvalue weighted by Gasteiger charge is 2.71. The number of nitrogens with one attached hydrogen (secondary N) is 1. The molecule has 2 aliphatic carbocycles. The fourth-order valence-electron chi connectivity index (χ4n) is 10.6. The van der Waals surface area contributed by atoms with E-state index >= 15 is 9.59 Å². The summed E-state index contributed by atoms with van der Waals surface area (Å²) in [5, 5.41) is 21.3. The molecule has 0 bridgehead atoms. The molecule has 0 radical (unpaired) electrons. The van der Waals surface area contributed by atoms with Gasteiger partial charge in [0.2, 0.25) is 11.8 Å². The number of fused-ring (bicyclic) bond motifs is 4. The van der Waals surface area contributed by atoms with E-state index in [1.807, 2.05) is 79.7 Å². The van der Waals surface area contributed by atoms with Crippen LogP contribution in [0, 0.1) is 23.7 Å². The SMILES string of the molecule is CN(C)c1ccc(N=Nc2ccc(N3C(=O)C4CC=C5C(CC6C(=O)N(Nc7ncc(C(F)(F)F)cc7Cl)C(=O)C6(c6ccc(Cl)cc6)C5c5ccc(OCc6ccccc6)cc5O)C4C3=O)cc2)cc1. The number of hydrazine groups is 1. The number of hydrogen-bond donors (Lipinski definition) is 2. The number of phenolic OH excluding ortho intramolecular Hbond substituents is 1. The number of pyridine rings is 1. The molecule has 6 atom stereocenters. The molecular weight excluding hydrogens is 959 g/mol. The topological polar surface area (TPSA) is 157 Å². The number of imide groups is 2. The van der Waals surface area contributed by atoms with Gasteiger partial charge in [0.15, 0.2) is 5.82 Å². The Labute approximate surface area is 415 Å². The van der Waals surface area contributed by atoms with Crippen molar-refractivity contribution in [3.63, 3.8) is 0 Å². The number of azo groups is 1. The lowest BCUT2D eigenvalue weighted by molar-refractivity contribution is -0.139. The number of halogens is 5. The molecule has 1 aromatic heterocycles. The number of alkyl halides is 3. The standard InChI is InChI=1S/C53H42Cl2F3N7O6/c1-63(2)35-16-12-33(13-17-35)60-61-34-14-18-36(19-15-34)64-48(67)40-23-22-38-41(45(40)50(64)69)26-42-49(68)65(62-47-43(55)24-31(27-59-47)53(56,57)58)51(70)52(42,30-8-10-32(54)11-9-30)46(38)39-21-20-37(25-44(39)66)71-28-29-6-4-3-5-7-29/h3-22,24-25,27,40-42,45-46,66H,23,26,28H2,1-2H3,(H,59,62). The Morgan fingerprint density at radius 1 is 0.831 bits per heavy atom. The lowest BCUT2D eigenvalue weighted by Crippen LogP contribution is -2.53. The largest absolute Gasteiger partial charge is 0.508 e. The molecule has 3 heterocycles. The van der Waals surface area contributed by atoms with Gasteiger partial charge in [-0.3, -0.25) is 29.5 Å². The van der Waals surface area contributed by atoms with Gasteiger partial charge in [0.25, 0.3) is 11.8 Å². The molecule has 0 spiro atoms. The van der Waals surface area contributed by atoms with Crippen LogP contribution in [0.2, 0.25) is 10.0 Å². The quantitative estimate of drug-likeness (QED) is 0.0732. The van der Waals surface area contributed by atoms with Crippen LogP contribution in [0.1, 0.15) is 41.0 Å². The van der Waals surface area contributed by atoms with Crippen molar-refractivity contribution >= 4 is 75.4 Å². The summed E-state index contributed by atoms with van der Waals surface area (Å²) in [6, 6.07) is 35.0. The van der Waals surface area contributed by atoms with Crippen LogP contribution in [0.3, 0.4) is 0 Å². The van der Waals surface area contributed by atoms with Gasteiger partial charge in [-0.25, -0.2) is 4.98 Å². The second-order valence-electron chi connectivity index (χ2n) is 18.1. The van der Waals surface area contributed by atoms with Crippen LogP contribution in [0.25, 0.3) is 0 Å². The summed E-state index contributed by atoms with van der Waals surface area (Å²) in [6.45, 7) is 0.176. The molecule has 2 aliphatic heterocycles. The predicted octanol–water partition coefficient (Wildman–Crippen LogP) is 11.4. The molecule has 6 aromatic rings. The number of ether oxygens (including phenoxy) is 1. The van der Waals surface area contributed by atoms with E-state index in [9.17, 15) is 27.9 Å². The van der Waals surface area contributed by atoms with E-state index in [1.165, 1.54) is 6.07 Å². The third kappa shape index (κ3) is 8.33. The third-order valence-corrected chi connectivity index (χ3v) is 14.4. The maximum atomic E-state index is 15.6. The van der Waals surface area contributed by atoms with Crippen molar-refractivity contribution in [1.82, 2.24) is 9.99 Å². The lowest BCUT2D eigenvalue weighted by Gasteiger charge is -2.50. The molecule has 1 saturated carbocycles. The van der Waals surface area contributed by atoms with Gasteiger partial charge in [-0.15, -0.1) is 0 Å². The maximum absolute atomic E-state index is 15.6. The number of allylic oxidation sites excluding steroid dienone is 2. The van der Waals surface area contributed by atoms with Crippen LogP contribution in [0.5, 0.6) is 11.5 Å². The molecule has 2 saturated heterocycles. The van der Waals surface area contributed by atoms with Crippen LogP contribution in [-0.2, 0) is 37.4 Å². The maximum Gasteiger partial charge on any atom is 0.417 e. The number of rotatable bonds is 11. The number of benzene rings is 5. The predicted molar refractivity (Wildman–Crippen MR) is 260 cm³/mol. The molecule has 2 N–H and O–H groups in total. The van der Waals surface area contributed by atoms with Crippen LogP contribution in [0.15, 0.2) is 155 Å². The smallest absolute Gasteiger partial charge is 0.417 e. The van der Waals surface area contributed by atoms with Gasteiger partial charge in [0.1, 0.15) is 18.1 Å². The first-order valence-corrected chi connectivity index (χ1v) is 23.3. The summed E-state index contributed by atoms with van der Waals surface area (Å²) < 4.78 is 47.1. The van der Waals surface area contributed by atoms with Gasteiger partial charge in [0.05, 0.1) is 50.8 Å². The van der Waals surface area contributed by atoms with E-state index in [4.69, 9.17) is 27.9 Å². The molecule has 4 amide bonds. The van der Waals surface area contributed by atoms with E-state index in [1.54, 1.807) is 60.7 Å². The van der Waals surface area contributed by atoms with Crippen LogP contribution in [0.4, 0.5) is 41.7 Å². The molecule has 3 fully saturated rings. The average molecular weight is 1000 g/mol. The summed E-state index contributed by atoms with van der Waals surface area (Å²) in [7, 11) is 3.87. The van der Waals surface area contributed by atoms with E-state index in [2.05, 4.69) is 20.6 Å².